The van der Waals surface area contributed by atoms with Crippen molar-refractivity contribution in [3.05, 3.63) is 35.2 Å². The predicted molar refractivity (Wildman–Crippen MR) is 94.9 cm³/mol. The SMILES string of the molecule is CN(C)S(=O)(=O)C[C@@H]1COC[C@H]1NC(=O)c1cc2ccccc2s1. The number of carbonyl (C=O) groups excluding carboxylic acids is 1. The molecule has 1 saturated heterocycles. The van der Waals surface area contributed by atoms with Gasteiger partial charge in [0.15, 0.2) is 0 Å². The van der Waals surface area contributed by atoms with Crippen LogP contribution in [0.4, 0.5) is 0 Å². The third-order valence-corrected chi connectivity index (χ3v) is 7.22. The Hall–Kier alpha value is -1.48. The van der Waals surface area contributed by atoms with E-state index in [1.54, 1.807) is 0 Å². The summed E-state index contributed by atoms with van der Waals surface area (Å²) in [4.78, 5) is 13.1. The summed E-state index contributed by atoms with van der Waals surface area (Å²) in [7, 11) is -0.311. The number of hydrogen-bond donors (Lipinski definition) is 1. The molecule has 1 aromatic carbocycles. The number of nitrogens with one attached hydrogen (secondary N) is 1. The molecule has 0 aliphatic carbocycles. The van der Waals surface area contributed by atoms with Crippen LogP contribution in [0.2, 0.25) is 0 Å². The molecule has 2 atom stereocenters. The van der Waals surface area contributed by atoms with Crippen molar-refractivity contribution in [3.63, 3.8) is 0 Å². The summed E-state index contributed by atoms with van der Waals surface area (Å²) in [5, 5.41) is 3.96. The maximum atomic E-state index is 12.5. The number of nitrogens with zero attached hydrogens (tertiary/aromatic N) is 1. The Morgan fingerprint density at radius 1 is 1.33 bits per heavy atom. The third kappa shape index (κ3) is 3.61. The van der Waals surface area contributed by atoms with Crippen LogP contribution in [0.3, 0.4) is 0 Å². The van der Waals surface area contributed by atoms with E-state index in [1.165, 1.54) is 29.7 Å². The molecule has 1 fully saturated rings. The number of amides is 1. The van der Waals surface area contributed by atoms with E-state index >= 15 is 0 Å². The maximum absolute atomic E-state index is 12.5. The van der Waals surface area contributed by atoms with Crippen molar-refractivity contribution in [1.82, 2.24) is 9.62 Å². The summed E-state index contributed by atoms with van der Waals surface area (Å²) in [6.45, 7) is 0.675. The molecule has 0 saturated carbocycles. The Balaban J connectivity index is 1.71. The van der Waals surface area contributed by atoms with Gasteiger partial charge in [-0.25, -0.2) is 12.7 Å². The van der Waals surface area contributed by atoms with Gasteiger partial charge in [0, 0.05) is 24.7 Å². The number of ether oxygens (including phenoxy) is 1. The summed E-state index contributed by atoms with van der Waals surface area (Å²) in [6, 6.07) is 9.38. The molecule has 1 aromatic heterocycles. The molecule has 1 aliphatic rings. The molecule has 0 bridgehead atoms. The molecule has 6 nitrogen and oxygen atoms in total. The zero-order chi connectivity index (χ0) is 17.3. The first kappa shape index (κ1) is 17.3. The summed E-state index contributed by atoms with van der Waals surface area (Å²) in [5.74, 6) is -0.452. The molecule has 0 spiro atoms. The largest absolute Gasteiger partial charge is 0.379 e. The Morgan fingerprint density at radius 3 is 2.79 bits per heavy atom. The second-order valence-electron chi connectivity index (χ2n) is 6.09. The van der Waals surface area contributed by atoms with Crippen molar-refractivity contribution < 1.29 is 17.9 Å². The topological polar surface area (TPSA) is 75.7 Å². The highest BCUT2D eigenvalue weighted by Gasteiger charge is 2.34. The first-order chi connectivity index (χ1) is 11.4. The standard InChI is InChI=1S/C16H20N2O4S2/c1-18(2)24(20,21)10-12-8-22-9-13(12)17-16(19)15-7-11-5-3-4-6-14(11)23-15/h3-7,12-13H,8-10H2,1-2H3,(H,17,19)/t12-,13+/m0/s1. The molecule has 1 amide bonds. The minimum atomic E-state index is -3.33. The number of thiophene rings is 1. The Labute approximate surface area is 145 Å². The van der Waals surface area contributed by atoms with Gasteiger partial charge < -0.3 is 10.1 Å². The number of carbonyl (C=O) groups is 1. The number of rotatable bonds is 5. The van der Waals surface area contributed by atoms with Crippen LogP contribution >= 0.6 is 11.3 Å². The van der Waals surface area contributed by atoms with Gasteiger partial charge in [0.05, 0.1) is 29.9 Å². The minimum Gasteiger partial charge on any atom is -0.379 e. The molecule has 1 N–H and O–H groups in total. The number of hydrogen-bond acceptors (Lipinski definition) is 5. The van der Waals surface area contributed by atoms with Gasteiger partial charge in [0.2, 0.25) is 10.0 Å². The fraction of sp³-hybridized carbons (Fsp3) is 0.438. The molecule has 1 aliphatic heterocycles. The van der Waals surface area contributed by atoms with Crippen LogP contribution in [0.25, 0.3) is 10.1 Å². The van der Waals surface area contributed by atoms with Gasteiger partial charge in [-0.05, 0) is 17.5 Å². The first-order valence-corrected chi connectivity index (χ1v) is 10.1. The van der Waals surface area contributed by atoms with Crippen molar-refractivity contribution in [2.24, 2.45) is 5.92 Å². The Kier molecular flexibility index (Phi) is 4.91. The lowest BCUT2D eigenvalue weighted by Crippen LogP contribution is -2.43. The smallest absolute Gasteiger partial charge is 0.261 e. The van der Waals surface area contributed by atoms with Crippen LogP contribution in [-0.2, 0) is 14.8 Å². The summed E-state index contributed by atoms with van der Waals surface area (Å²) in [5.41, 5.74) is 0. The summed E-state index contributed by atoms with van der Waals surface area (Å²) >= 11 is 1.43. The van der Waals surface area contributed by atoms with Crippen molar-refractivity contribution in [1.29, 1.82) is 0 Å². The quantitative estimate of drug-likeness (QED) is 0.869. The Bertz CT molecular complexity index is 812. The molecule has 3 rings (SSSR count). The highest BCUT2D eigenvalue weighted by Crippen LogP contribution is 2.26. The van der Waals surface area contributed by atoms with Gasteiger partial charge in [-0.15, -0.1) is 11.3 Å². The molecule has 2 heterocycles. The minimum absolute atomic E-state index is 0.0304. The summed E-state index contributed by atoms with van der Waals surface area (Å²) in [6.07, 6.45) is 0. The van der Waals surface area contributed by atoms with Gasteiger partial charge in [-0.1, -0.05) is 18.2 Å². The van der Waals surface area contributed by atoms with Gasteiger partial charge >= 0.3 is 0 Å². The molecule has 24 heavy (non-hydrogen) atoms. The fourth-order valence-corrected chi connectivity index (χ4v) is 4.81. The molecular weight excluding hydrogens is 348 g/mol. The second kappa shape index (κ2) is 6.79. The van der Waals surface area contributed by atoms with Crippen molar-refractivity contribution in [2.45, 2.75) is 6.04 Å². The van der Waals surface area contributed by atoms with Crippen LogP contribution in [0.1, 0.15) is 9.67 Å². The number of benzene rings is 1. The van der Waals surface area contributed by atoms with E-state index in [-0.39, 0.29) is 23.6 Å². The Morgan fingerprint density at radius 2 is 2.08 bits per heavy atom. The lowest BCUT2D eigenvalue weighted by atomic mass is 10.1. The van der Waals surface area contributed by atoms with E-state index in [2.05, 4.69) is 5.32 Å². The van der Waals surface area contributed by atoms with Crippen molar-refractivity contribution in [2.75, 3.05) is 33.1 Å². The van der Waals surface area contributed by atoms with Crippen LogP contribution < -0.4 is 5.32 Å². The zero-order valence-corrected chi connectivity index (χ0v) is 15.2. The maximum Gasteiger partial charge on any atom is 0.261 e. The molecule has 0 radical (unpaired) electrons. The van der Waals surface area contributed by atoms with E-state index < -0.39 is 10.0 Å². The van der Waals surface area contributed by atoms with Gasteiger partial charge in [0.1, 0.15) is 0 Å². The summed E-state index contributed by atoms with van der Waals surface area (Å²) < 4.78 is 31.8. The van der Waals surface area contributed by atoms with Crippen LogP contribution in [-0.4, -0.2) is 57.7 Å². The van der Waals surface area contributed by atoms with Gasteiger partial charge in [-0.3, -0.25) is 4.79 Å². The lowest BCUT2D eigenvalue weighted by Gasteiger charge is -2.20. The van der Waals surface area contributed by atoms with E-state index in [9.17, 15) is 13.2 Å². The van der Waals surface area contributed by atoms with E-state index in [0.29, 0.717) is 18.1 Å². The van der Waals surface area contributed by atoms with Crippen molar-refractivity contribution in [3.8, 4) is 0 Å². The molecule has 130 valence electrons. The van der Waals surface area contributed by atoms with Crippen molar-refractivity contribution >= 4 is 37.4 Å². The van der Waals surface area contributed by atoms with Crippen LogP contribution in [0.15, 0.2) is 30.3 Å². The highest BCUT2D eigenvalue weighted by molar-refractivity contribution is 7.89. The number of fused-ring (bicyclic) bond motifs is 1. The van der Waals surface area contributed by atoms with E-state index in [1.807, 2.05) is 30.3 Å². The molecular formula is C16H20N2O4S2. The highest BCUT2D eigenvalue weighted by atomic mass is 32.2. The third-order valence-electron chi connectivity index (χ3n) is 4.15. The number of sulfonamides is 1. The van der Waals surface area contributed by atoms with Gasteiger partial charge in [-0.2, -0.15) is 0 Å². The fourth-order valence-electron chi connectivity index (χ4n) is 2.68. The van der Waals surface area contributed by atoms with Crippen LogP contribution in [0, 0.1) is 5.92 Å². The lowest BCUT2D eigenvalue weighted by molar-refractivity contribution is 0.0930. The molecule has 8 heteroatoms. The first-order valence-electron chi connectivity index (χ1n) is 7.64. The predicted octanol–water partition coefficient (Wildman–Crippen LogP) is 1.54. The second-order valence-corrected chi connectivity index (χ2v) is 9.40. The normalized spacial score (nSPS) is 21.5. The monoisotopic (exact) mass is 368 g/mol. The average molecular weight is 368 g/mol. The van der Waals surface area contributed by atoms with E-state index in [0.717, 1.165) is 10.1 Å². The van der Waals surface area contributed by atoms with E-state index in [4.69, 9.17) is 4.74 Å². The van der Waals surface area contributed by atoms with Gasteiger partial charge in [0.25, 0.3) is 5.91 Å². The average Bonchev–Trinajstić information content (AvgIpc) is 3.13. The zero-order valence-electron chi connectivity index (χ0n) is 13.6. The molecule has 0 unspecified atom stereocenters. The molecule has 2 aromatic rings. The van der Waals surface area contributed by atoms with Crippen LogP contribution in [0.5, 0.6) is 0 Å².